The largest absolute Gasteiger partial charge is 0.349 e. The molecule has 114 valence electrons. The predicted octanol–water partition coefficient (Wildman–Crippen LogP) is 2.16. The van der Waals surface area contributed by atoms with Gasteiger partial charge >= 0.3 is 0 Å². The Labute approximate surface area is 129 Å². The maximum atomic E-state index is 12.2. The van der Waals surface area contributed by atoms with Gasteiger partial charge in [-0.2, -0.15) is 0 Å². The quantitative estimate of drug-likeness (QED) is 0.924. The van der Waals surface area contributed by atoms with E-state index in [4.69, 9.17) is 11.6 Å². The molecule has 0 radical (unpaired) electrons. The molecule has 1 saturated heterocycles. The van der Waals surface area contributed by atoms with Crippen molar-refractivity contribution in [2.24, 2.45) is 0 Å². The number of nitrogens with one attached hydrogen (secondary N) is 1. The Kier molecular flexibility index (Phi) is 3.84. The van der Waals surface area contributed by atoms with Crippen molar-refractivity contribution >= 4 is 33.2 Å². The zero-order valence-electron chi connectivity index (χ0n) is 11.5. The SMILES string of the molecule is O=C(NC1CC1)c1ccc(Cl)c(N2CCCCS2(=O)=O)c1. The smallest absolute Gasteiger partial charge is 0.251 e. The predicted molar refractivity (Wildman–Crippen MR) is 82.3 cm³/mol. The van der Waals surface area contributed by atoms with E-state index in [-0.39, 0.29) is 17.7 Å². The molecule has 1 aromatic rings. The number of carbonyl (C=O) groups excluding carboxylic acids is 1. The van der Waals surface area contributed by atoms with Crippen molar-refractivity contribution in [3.63, 3.8) is 0 Å². The van der Waals surface area contributed by atoms with Crippen LogP contribution in [0.5, 0.6) is 0 Å². The van der Waals surface area contributed by atoms with Crippen LogP contribution in [0.2, 0.25) is 5.02 Å². The molecule has 1 N–H and O–H groups in total. The number of rotatable bonds is 3. The van der Waals surface area contributed by atoms with Crippen LogP contribution in [-0.4, -0.2) is 32.7 Å². The van der Waals surface area contributed by atoms with Gasteiger partial charge in [0.2, 0.25) is 10.0 Å². The summed E-state index contributed by atoms with van der Waals surface area (Å²) in [5, 5.41) is 3.24. The van der Waals surface area contributed by atoms with Crippen LogP contribution < -0.4 is 9.62 Å². The molecule has 1 amide bonds. The number of nitrogens with zero attached hydrogens (tertiary/aromatic N) is 1. The molecule has 0 bridgehead atoms. The van der Waals surface area contributed by atoms with Crippen molar-refractivity contribution in [2.45, 2.75) is 31.7 Å². The highest BCUT2D eigenvalue weighted by molar-refractivity contribution is 7.92. The molecule has 1 aliphatic carbocycles. The van der Waals surface area contributed by atoms with E-state index in [1.165, 1.54) is 4.31 Å². The third-order valence-electron chi connectivity index (χ3n) is 3.74. The molecule has 1 aliphatic heterocycles. The van der Waals surface area contributed by atoms with Crippen LogP contribution in [0.15, 0.2) is 18.2 Å². The van der Waals surface area contributed by atoms with Gasteiger partial charge < -0.3 is 5.32 Å². The normalized spacial score (nSPS) is 21.1. The summed E-state index contributed by atoms with van der Waals surface area (Å²) in [5.41, 5.74) is 0.849. The van der Waals surface area contributed by atoms with Gasteiger partial charge in [-0.15, -0.1) is 0 Å². The lowest BCUT2D eigenvalue weighted by atomic mass is 10.1. The number of benzene rings is 1. The average Bonchev–Trinajstić information content (AvgIpc) is 3.23. The summed E-state index contributed by atoms with van der Waals surface area (Å²) in [5.74, 6) is -0.0493. The van der Waals surface area contributed by atoms with Gasteiger partial charge in [0.1, 0.15) is 0 Å². The lowest BCUT2D eigenvalue weighted by molar-refractivity contribution is 0.0951. The monoisotopic (exact) mass is 328 g/mol. The van der Waals surface area contributed by atoms with E-state index in [1.807, 2.05) is 0 Å². The van der Waals surface area contributed by atoms with Gasteiger partial charge in [0, 0.05) is 18.2 Å². The highest BCUT2D eigenvalue weighted by atomic mass is 35.5. The third-order valence-corrected chi connectivity index (χ3v) is 5.91. The van der Waals surface area contributed by atoms with E-state index < -0.39 is 10.0 Å². The van der Waals surface area contributed by atoms with Gasteiger partial charge in [0.15, 0.2) is 0 Å². The average molecular weight is 329 g/mol. The number of hydrogen-bond acceptors (Lipinski definition) is 3. The van der Waals surface area contributed by atoms with Gasteiger partial charge in [0.05, 0.1) is 16.5 Å². The Morgan fingerprint density at radius 1 is 1.29 bits per heavy atom. The molecule has 1 aromatic carbocycles. The lowest BCUT2D eigenvalue weighted by Gasteiger charge is -2.29. The molecule has 0 unspecified atom stereocenters. The standard InChI is InChI=1S/C14H17ClN2O3S/c15-12-6-3-10(14(18)16-11-4-5-11)9-13(12)17-7-1-2-8-21(17,19)20/h3,6,9,11H,1-2,4-5,7-8H2,(H,16,18). The van der Waals surface area contributed by atoms with E-state index >= 15 is 0 Å². The second kappa shape index (κ2) is 5.50. The van der Waals surface area contributed by atoms with Crippen molar-refractivity contribution in [3.05, 3.63) is 28.8 Å². The second-order valence-electron chi connectivity index (χ2n) is 5.51. The Bertz CT molecular complexity index is 671. The Morgan fingerprint density at radius 3 is 2.71 bits per heavy atom. The van der Waals surface area contributed by atoms with Gasteiger partial charge in [-0.05, 0) is 43.9 Å². The van der Waals surface area contributed by atoms with Crippen molar-refractivity contribution in [2.75, 3.05) is 16.6 Å². The van der Waals surface area contributed by atoms with Crippen molar-refractivity contribution in [1.82, 2.24) is 5.32 Å². The number of sulfonamides is 1. The summed E-state index contributed by atoms with van der Waals surface area (Å²) >= 11 is 6.14. The number of amides is 1. The maximum absolute atomic E-state index is 12.2. The molecule has 0 spiro atoms. The summed E-state index contributed by atoms with van der Waals surface area (Å²) < 4.78 is 25.7. The fourth-order valence-corrected chi connectivity index (χ4v) is 4.32. The summed E-state index contributed by atoms with van der Waals surface area (Å²) in [6, 6.07) is 5.04. The number of anilines is 1. The maximum Gasteiger partial charge on any atom is 0.251 e. The molecule has 5 nitrogen and oxygen atoms in total. The minimum Gasteiger partial charge on any atom is -0.349 e. The van der Waals surface area contributed by atoms with E-state index in [9.17, 15) is 13.2 Å². The number of hydrogen-bond donors (Lipinski definition) is 1. The zero-order valence-corrected chi connectivity index (χ0v) is 13.1. The van der Waals surface area contributed by atoms with Crippen molar-refractivity contribution in [3.8, 4) is 0 Å². The summed E-state index contributed by atoms with van der Waals surface area (Å²) in [7, 11) is -3.34. The lowest BCUT2D eigenvalue weighted by Crippen LogP contribution is -2.38. The third kappa shape index (κ3) is 3.16. The van der Waals surface area contributed by atoms with Gasteiger partial charge in [-0.1, -0.05) is 11.6 Å². The van der Waals surface area contributed by atoms with Crippen LogP contribution in [0.4, 0.5) is 5.69 Å². The first-order valence-electron chi connectivity index (χ1n) is 7.08. The summed E-state index contributed by atoms with van der Waals surface area (Å²) in [4.78, 5) is 12.1. The molecule has 2 aliphatic rings. The Hall–Kier alpha value is -1.27. The first kappa shape index (κ1) is 14.7. The van der Waals surface area contributed by atoms with Crippen LogP contribution in [0.3, 0.4) is 0 Å². The van der Waals surface area contributed by atoms with E-state index in [0.717, 1.165) is 19.3 Å². The van der Waals surface area contributed by atoms with Gasteiger partial charge in [-0.3, -0.25) is 9.10 Å². The molecule has 7 heteroatoms. The fourth-order valence-electron chi connectivity index (χ4n) is 2.40. The highest BCUT2D eigenvalue weighted by Gasteiger charge is 2.29. The van der Waals surface area contributed by atoms with Crippen LogP contribution >= 0.6 is 11.6 Å². The van der Waals surface area contributed by atoms with Crippen LogP contribution in [-0.2, 0) is 10.0 Å². The van der Waals surface area contributed by atoms with Crippen molar-refractivity contribution < 1.29 is 13.2 Å². The molecule has 0 atom stereocenters. The van der Waals surface area contributed by atoms with Crippen LogP contribution in [0.1, 0.15) is 36.0 Å². The topological polar surface area (TPSA) is 66.5 Å². The number of halogens is 1. The minimum atomic E-state index is -3.34. The highest BCUT2D eigenvalue weighted by Crippen LogP contribution is 2.32. The Balaban J connectivity index is 1.91. The molecule has 21 heavy (non-hydrogen) atoms. The summed E-state index contributed by atoms with van der Waals surface area (Å²) in [6.07, 6.45) is 3.48. The van der Waals surface area contributed by atoms with Crippen LogP contribution in [0.25, 0.3) is 0 Å². The molecule has 1 heterocycles. The van der Waals surface area contributed by atoms with Gasteiger partial charge in [0.25, 0.3) is 5.91 Å². The molecular formula is C14H17ClN2O3S. The van der Waals surface area contributed by atoms with E-state index in [1.54, 1.807) is 18.2 Å². The van der Waals surface area contributed by atoms with Crippen molar-refractivity contribution in [1.29, 1.82) is 0 Å². The molecule has 1 saturated carbocycles. The Morgan fingerprint density at radius 2 is 2.05 bits per heavy atom. The van der Waals surface area contributed by atoms with Gasteiger partial charge in [-0.25, -0.2) is 8.42 Å². The first-order chi connectivity index (χ1) is 9.97. The van der Waals surface area contributed by atoms with Crippen LogP contribution in [0, 0.1) is 0 Å². The number of carbonyl (C=O) groups is 1. The molecular weight excluding hydrogens is 312 g/mol. The minimum absolute atomic E-state index is 0.127. The van der Waals surface area contributed by atoms with E-state index in [2.05, 4.69) is 5.32 Å². The molecule has 3 rings (SSSR count). The second-order valence-corrected chi connectivity index (χ2v) is 7.93. The molecule has 0 aromatic heterocycles. The molecule has 2 fully saturated rings. The van der Waals surface area contributed by atoms with E-state index in [0.29, 0.717) is 29.2 Å². The fraction of sp³-hybridized carbons (Fsp3) is 0.500. The zero-order chi connectivity index (χ0) is 15.0. The summed E-state index contributed by atoms with van der Waals surface area (Å²) in [6.45, 7) is 0.412. The first-order valence-corrected chi connectivity index (χ1v) is 9.07.